The minimum absolute atomic E-state index is 0.121. The first-order chi connectivity index (χ1) is 15.9. The normalized spacial score (nSPS) is 25.3. The Morgan fingerprint density at radius 3 is 2.59 bits per heavy atom. The fourth-order valence-corrected chi connectivity index (χ4v) is 5.62. The highest BCUT2D eigenvalue weighted by Gasteiger charge is 2.43. The van der Waals surface area contributed by atoms with Gasteiger partial charge >= 0.3 is 0 Å². The molecule has 34 heavy (non-hydrogen) atoms. The third-order valence-corrected chi connectivity index (χ3v) is 6.96. The van der Waals surface area contributed by atoms with Gasteiger partial charge in [-0.3, -0.25) is 10.1 Å². The van der Waals surface area contributed by atoms with Gasteiger partial charge < -0.3 is 20.9 Å². The van der Waals surface area contributed by atoms with Gasteiger partial charge in [-0.05, 0) is 59.8 Å². The zero-order valence-electron chi connectivity index (χ0n) is 22.3. The van der Waals surface area contributed by atoms with E-state index in [1.165, 1.54) is 12.8 Å². The lowest BCUT2D eigenvalue weighted by molar-refractivity contribution is -0.143. The van der Waals surface area contributed by atoms with Gasteiger partial charge in [-0.2, -0.15) is 4.98 Å². The first-order valence-electron chi connectivity index (χ1n) is 12.9. The van der Waals surface area contributed by atoms with Crippen molar-refractivity contribution in [3.63, 3.8) is 0 Å². The lowest BCUT2D eigenvalue weighted by Crippen LogP contribution is -2.70. The molecule has 0 aromatic carbocycles. The average Bonchev–Trinajstić information content (AvgIpc) is 2.72. The minimum atomic E-state index is -0.584. The molecule has 9 nitrogen and oxygen atoms in total. The number of nitrogens with one attached hydrogen (secondary N) is 2. The van der Waals surface area contributed by atoms with Crippen LogP contribution >= 0.6 is 0 Å². The second-order valence-electron chi connectivity index (χ2n) is 11.8. The number of hydrogen-bond acceptors (Lipinski definition) is 8. The molecule has 2 heterocycles. The van der Waals surface area contributed by atoms with Crippen LogP contribution in [0.4, 0.5) is 11.9 Å². The van der Waals surface area contributed by atoms with E-state index in [4.69, 9.17) is 10.7 Å². The number of hydrogen-bond donors (Lipinski definition) is 3. The van der Waals surface area contributed by atoms with Crippen LogP contribution in [-0.4, -0.2) is 74.6 Å². The predicted molar refractivity (Wildman–Crippen MR) is 138 cm³/mol. The van der Waals surface area contributed by atoms with E-state index in [1.807, 2.05) is 18.7 Å². The molecule has 1 aromatic heterocycles. The van der Waals surface area contributed by atoms with Crippen molar-refractivity contribution in [1.82, 2.24) is 25.2 Å². The van der Waals surface area contributed by atoms with Gasteiger partial charge in [0.15, 0.2) is 0 Å². The number of nitrogens with two attached hydrogens (primary N) is 1. The Morgan fingerprint density at radius 1 is 1.21 bits per heavy atom. The molecule has 1 aliphatic carbocycles. The molecule has 1 amide bonds. The first-order valence-corrected chi connectivity index (χ1v) is 12.9. The fraction of sp³-hybridized carbons (Fsp3) is 0.840. The number of nitrogens with zero attached hydrogens (tertiary/aromatic N) is 5. The van der Waals surface area contributed by atoms with Crippen LogP contribution in [0.15, 0.2) is 6.33 Å². The lowest BCUT2D eigenvalue weighted by Gasteiger charge is -2.47. The SMILES string of the molecule is CC(C)CC(C)N(CCN1CC(C)(C)NC(C)(C)C1=O)c1ncnc(NC2CCCCC2N)n1. The first kappa shape index (κ1) is 26.6. The fourth-order valence-electron chi connectivity index (χ4n) is 5.62. The molecule has 1 aliphatic heterocycles. The molecular weight excluding hydrogens is 428 g/mol. The summed E-state index contributed by atoms with van der Waals surface area (Å²) in [6.45, 7) is 16.8. The summed E-state index contributed by atoms with van der Waals surface area (Å²) in [5.74, 6) is 1.90. The van der Waals surface area contributed by atoms with E-state index in [0.29, 0.717) is 37.4 Å². The summed E-state index contributed by atoms with van der Waals surface area (Å²) < 4.78 is 0. The molecule has 4 N–H and O–H groups in total. The largest absolute Gasteiger partial charge is 0.350 e. The zero-order chi connectivity index (χ0) is 25.1. The number of piperazine rings is 1. The van der Waals surface area contributed by atoms with Crippen molar-refractivity contribution in [3.05, 3.63) is 6.33 Å². The predicted octanol–water partition coefficient (Wildman–Crippen LogP) is 2.78. The highest BCUT2D eigenvalue weighted by Crippen LogP contribution is 2.24. The second-order valence-corrected chi connectivity index (χ2v) is 11.8. The van der Waals surface area contributed by atoms with E-state index >= 15 is 0 Å². The third-order valence-electron chi connectivity index (χ3n) is 6.96. The average molecular weight is 475 g/mol. The zero-order valence-corrected chi connectivity index (χ0v) is 22.3. The molecule has 0 spiro atoms. The molecule has 3 unspecified atom stereocenters. The molecule has 1 saturated heterocycles. The van der Waals surface area contributed by atoms with Gasteiger partial charge in [-0.1, -0.05) is 26.7 Å². The monoisotopic (exact) mass is 474 g/mol. The topological polar surface area (TPSA) is 112 Å². The highest BCUT2D eigenvalue weighted by atomic mass is 16.2. The smallest absolute Gasteiger partial charge is 0.242 e. The van der Waals surface area contributed by atoms with Gasteiger partial charge in [-0.15, -0.1) is 0 Å². The standard InChI is InChI=1S/C25H46N8O/c1-17(2)14-18(3)33(13-12-32-15-24(4,5)31-25(6,7)21(32)34)23-28-16-27-22(30-23)29-20-11-9-8-10-19(20)26/h16-20,31H,8-15,26H2,1-7H3,(H,27,28,29,30). The molecule has 1 aromatic rings. The highest BCUT2D eigenvalue weighted by molar-refractivity contribution is 5.86. The number of carbonyl (C=O) groups is 1. The Kier molecular flexibility index (Phi) is 8.39. The lowest BCUT2D eigenvalue weighted by atomic mass is 9.90. The van der Waals surface area contributed by atoms with Crippen LogP contribution in [0.25, 0.3) is 0 Å². The summed E-state index contributed by atoms with van der Waals surface area (Å²) in [5.41, 5.74) is 5.60. The van der Waals surface area contributed by atoms with Crippen LogP contribution in [0.3, 0.4) is 0 Å². The Labute approximate surface area is 205 Å². The van der Waals surface area contributed by atoms with E-state index in [-0.39, 0.29) is 29.6 Å². The van der Waals surface area contributed by atoms with E-state index in [0.717, 1.165) is 19.3 Å². The number of amides is 1. The van der Waals surface area contributed by atoms with Crippen molar-refractivity contribution in [2.45, 2.75) is 110 Å². The van der Waals surface area contributed by atoms with Crippen molar-refractivity contribution in [2.75, 3.05) is 29.9 Å². The maximum absolute atomic E-state index is 13.1. The van der Waals surface area contributed by atoms with Crippen LogP contribution in [0.2, 0.25) is 0 Å². The summed E-state index contributed by atoms with van der Waals surface area (Å²) in [4.78, 5) is 31.0. The number of carbonyl (C=O) groups excluding carboxylic acids is 1. The van der Waals surface area contributed by atoms with Gasteiger partial charge in [-0.25, -0.2) is 9.97 Å². The maximum atomic E-state index is 13.1. The Morgan fingerprint density at radius 2 is 1.91 bits per heavy atom. The van der Waals surface area contributed by atoms with Gasteiger partial charge in [0.1, 0.15) is 6.33 Å². The van der Waals surface area contributed by atoms with E-state index in [2.05, 4.69) is 60.1 Å². The van der Waals surface area contributed by atoms with Crippen molar-refractivity contribution in [1.29, 1.82) is 0 Å². The summed E-state index contributed by atoms with van der Waals surface area (Å²) in [5, 5.41) is 6.93. The Bertz CT molecular complexity index is 827. The van der Waals surface area contributed by atoms with E-state index < -0.39 is 5.54 Å². The van der Waals surface area contributed by atoms with E-state index in [1.54, 1.807) is 6.33 Å². The van der Waals surface area contributed by atoms with E-state index in [9.17, 15) is 4.79 Å². The molecule has 192 valence electrons. The minimum Gasteiger partial charge on any atom is -0.350 e. The Balaban J connectivity index is 1.78. The molecule has 2 fully saturated rings. The van der Waals surface area contributed by atoms with Crippen molar-refractivity contribution in [2.24, 2.45) is 11.7 Å². The number of aromatic nitrogens is 3. The van der Waals surface area contributed by atoms with Gasteiger partial charge in [0.25, 0.3) is 0 Å². The molecular formula is C25H46N8O. The van der Waals surface area contributed by atoms with Crippen LogP contribution in [0, 0.1) is 5.92 Å². The number of rotatable bonds is 9. The third kappa shape index (κ3) is 6.78. The molecule has 3 rings (SSSR count). The molecule has 3 atom stereocenters. The quantitative estimate of drug-likeness (QED) is 0.501. The second kappa shape index (κ2) is 10.7. The van der Waals surface area contributed by atoms with Crippen LogP contribution in [0.1, 0.15) is 80.6 Å². The Hall–Kier alpha value is -2.00. The van der Waals surface area contributed by atoms with Gasteiger partial charge in [0.05, 0.1) is 5.54 Å². The molecule has 1 saturated carbocycles. The van der Waals surface area contributed by atoms with Gasteiger partial charge in [0, 0.05) is 43.3 Å². The molecule has 9 heteroatoms. The molecule has 2 aliphatic rings. The van der Waals surface area contributed by atoms with Crippen molar-refractivity contribution >= 4 is 17.8 Å². The molecule has 0 bridgehead atoms. The summed E-state index contributed by atoms with van der Waals surface area (Å²) in [6.07, 6.45) is 7.00. The van der Waals surface area contributed by atoms with Crippen LogP contribution in [0.5, 0.6) is 0 Å². The van der Waals surface area contributed by atoms with Crippen LogP contribution in [-0.2, 0) is 4.79 Å². The van der Waals surface area contributed by atoms with Crippen molar-refractivity contribution in [3.8, 4) is 0 Å². The van der Waals surface area contributed by atoms with Crippen molar-refractivity contribution < 1.29 is 4.79 Å². The van der Waals surface area contributed by atoms with Crippen LogP contribution < -0.4 is 21.3 Å². The maximum Gasteiger partial charge on any atom is 0.242 e. The number of anilines is 2. The summed E-state index contributed by atoms with van der Waals surface area (Å²) in [6, 6.07) is 0.537. The molecule has 0 radical (unpaired) electrons. The summed E-state index contributed by atoms with van der Waals surface area (Å²) in [7, 11) is 0. The summed E-state index contributed by atoms with van der Waals surface area (Å²) >= 11 is 0. The van der Waals surface area contributed by atoms with Gasteiger partial charge in [0.2, 0.25) is 17.8 Å².